The van der Waals surface area contributed by atoms with Gasteiger partial charge in [-0.05, 0) is 35.4 Å². The van der Waals surface area contributed by atoms with Crippen LogP contribution in [0.2, 0.25) is 10.0 Å². The zero-order valence-electron chi connectivity index (χ0n) is 16.5. The summed E-state index contributed by atoms with van der Waals surface area (Å²) in [5, 5.41) is 0.203. The number of urea groups is 1. The van der Waals surface area contributed by atoms with Crippen LogP contribution in [0.5, 0.6) is 5.75 Å². The van der Waals surface area contributed by atoms with Gasteiger partial charge in [0.2, 0.25) is 0 Å². The van der Waals surface area contributed by atoms with E-state index < -0.39 is 16.1 Å². The number of ether oxygens (including phenoxy) is 1. The van der Waals surface area contributed by atoms with Gasteiger partial charge < -0.3 is 4.74 Å². The van der Waals surface area contributed by atoms with Crippen LogP contribution in [0.4, 0.5) is 10.5 Å². The van der Waals surface area contributed by atoms with Gasteiger partial charge in [-0.25, -0.2) is 17.5 Å². The zero-order valence-corrected chi connectivity index (χ0v) is 18.8. The van der Waals surface area contributed by atoms with Gasteiger partial charge in [0.15, 0.2) is 0 Å². The van der Waals surface area contributed by atoms with E-state index in [1.54, 1.807) is 24.3 Å². The second-order valence-electron chi connectivity index (χ2n) is 6.95. The number of rotatable bonds is 5. The Kier molecular flexibility index (Phi) is 5.83. The molecule has 9 heteroatoms. The van der Waals surface area contributed by atoms with Gasteiger partial charge in [0, 0.05) is 5.02 Å². The number of fused-ring (bicyclic) bond motifs is 1. The number of carbonyl (C=O) groups is 1. The van der Waals surface area contributed by atoms with Crippen LogP contribution in [-0.4, -0.2) is 25.9 Å². The fourth-order valence-corrected chi connectivity index (χ4v) is 5.82. The van der Waals surface area contributed by atoms with E-state index in [-0.39, 0.29) is 33.7 Å². The number of hydrogen-bond donors (Lipinski definition) is 0. The summed E-state index contributed by atoms with van der Waals surface area (Å²) in [6.07, 6.45) is 0. The molecule has 1 aliphatic heterocycles. The lowest BCUT2D eigenvalue weighted by molar-refractivity contribution is 0.226. The normalized spacial score (nSPS) is 15.0. The van der Waals surface area contributed by atoms with E-state index in [9.17, 15) is 13.2 Å². The van der Waals surface area contributed by atoms with Crippen LogP contribution in [0.3, 0.4) is 0 Å². The molecule has 160 valence electrons. The Balaban J connectivity index is 1.84. The molecule has 0 radical (unpaired) electrons. The lowest BCUT2D eigenvalue weighted by atomic mass is 10.2. The third kappa shape index (κ3) is 4.08. The van der Waals surface area contributed by atoms with Gasteiger partial charge in [-0.3, -0.25) is 4.90 Å². The summed E-state index contributed by atoms with van der Waals surface area (Å²) in [6, 6.07) is 18.3. The summed E-state index contributed by atoms with van der Waals surface area (Å²) in [5.41, 5.74) is 1.59. The minimum absolute atomic E-state index is 0.0382. The van der Waals surface area contributed by atoms with Gasteiger partial charge in [-0.2, -0.15) is 0 Å². The molecule has 0 saturated heterocycles. The van der Waals surface area contributed by atoms with Gasteiger partial charge in [0.1, 0.15) is 10.6 Å². The minimum Gasteiger partial charge on any atom is -0.497 e. The van der Waals surface area contributed by atoms with Crippen molar-refractivity contribution in [1.82, 2.24) is 4.31 Å². The van der Waals surface area contributed by atoms with E-state index in [0.29, 0.717) is 11.3 Å². The second-order valence-corrected chi connectivity index (χ2v) is 9.60. The molecule has 0 aromatic heterocycles. The van der Waals surface area contributed by atoms with Crippen molar-refractivity contribution in [3.8, 4) is 5.75 Å². The molecule has 0 spiro atoms. The number of hydrogen-bond acceptors (Lipinski definition) is 4. The number of carbonyl (C=O) groups excluding carboxylic acids is 1. The van der Waals surface area contributed by atoms with E-state index in [2.05, 4.69) is 0 Å². The number of halogens is 2. The summed E-state index contributed by atoms with van der Waals surface area (Å²) < 4.78 is 32.9. The average Bonchev–Trinajstić information content (AvgIpc) is 2.74. The first-order valence-corrected chi connectivity index (χ1v) is 11.5. The topological polar surface area (TPSA) is 66.9 Å². The van der Waals surface area contributed by atoms with Gasteiger partial charge in [0.25, 0.3) is 10.0 Å². The van der Waals surface area contributed by atoms with Crippen molar-refractivity contribution in [3.05, 3.63) is 87.9 Å². The predicted molar refractivity (Wildman–Crippen MR) is 120 cm³/mol. The first-order valence-electron chi connectivity index (χ1n) is 9.31. The van der Waals surface area contributed by atoms with Gasteiger partial charge in [0.05, 0.1) is 30.9 Å². The minimum atomic E-state index is -4.21. The van der Waals surface area contributed by atoms with E-state index in [4.69, 9.17) is 27.9 Å². The molecule has 3 aromatic rings. The van der Waals surface area contributed by atoms with Crippen molar-refractivity contribution in [2.24, 2.45) is 0 Å². The summed E-state index contributed by atoms with van der Waals surface area (Å²) in [5.74, 6) is 0.561. The molecule has 4 rings (SSSR count). The van der Waals surface area contributed by atoms with E-state index in [1.165, 1.54) is 24.1 Å². The van der Waals surface area contributed by atoms with Crippen LogP contribution in [0.1, 0.15) is 11.1 Å². The number of amides is 2. The highest BCUT2D eigenvalue weighted by Crippen LogP contribution is 2.42. The molecule has 0 saturated carbocycles. The van der Waals surface area contributed by atoms with Crippen molar-refractivity contribution in [1.29, 1.82) is 0 Å². The molecule has 0 fully saturated rings. The highest BCUT2D eigenvalue weighted by atomic mass is 35.5. The Bertz CT molecular complexity index is 1250. The number of sulfonamides is 1. The summed E-state index contributed by atoms with van der Waals surface area (Å²) >= 11 is 12.5. The van der Waals surface area contributed by atoms with E-state index in [1.807, 2.05) is 30.3 Å². The van der Waals surface area contributed by atoms with Crippen molar-refractivity contribution in [2.75, 3.05) is 12.0 Å². The number of anilines is 1. The summed E-state index contributed by atoms with van der Waals surface area (Å²) in [7, 11) is -2.69. The maximum Gasteiger partial charge on any atom is 0.339 e. The lowest BCUT2D eigenvalue weighted by Crippen LogP contribution is -2.50. The molecule has 1 aliphatic rings. The van der Waals surface area contributed by atoms with E-state index in [0.717, 1.165) is 9.87 Å². The lowest BCUT2D eigenvalue weighted by Gasteiger charge is -2.37. The Morgan fingerprint density at radius 1 is 0.903 bits per heavy atom. The second kappa shape index (κ2) is 8.42. The monoisotopic (exact) mass is 476 g/mol. The van der Waals surface area contributed by atoms with Crippen molar-refractivity contribution in [2.45, 2.75) is 18.0 Å². The fraction of sp³-hybridized carbons (Fsp3) is 0.136. The highest BCUT2D eigenvalue weighted by molar-refractivity contribution is 7.90. The smallest absolute Gasteiger partial charge is 0.339 e. The van der Waals surface area contributed by atoms with Crippen LogP contribution in [-0.2, 0) is 23.1 Å². The van der Waals surface area contributed by atoms with E-state index >= 15 is 0 Å². The highest BCUT2D eigenvalue weighted by Gasteiger charge is 2.43. The van der Waals surface area contributed by atoms with Crippen LogP contribution in [0.25, 0.3) is 0 Å². The Morgan fingerprint density at radius 2 is 1.61 bits per heavy atom. The molecule has 0 atom stereocenters. The molecule has 1 heterocycles. The maximum atomic E-state index is 13.4. The number of benzene rings is 3. The molecule has 0 aliphatic carbocycles. The van der Waals surface area contributed by atoms with Crippen LogP contribution >= 0.6 is 23.2 Å². The van der Waals surface area contributed by atoms with Gasteiger partial charge >= 0.3 is 6.03 Å². The van der Waals surface area contributed by atoms with Gasteiger partial charge in [-0.15, -0.1) is 0 Å². The Hall–Kier alpha value is -2.74. The molecule has 0 bridgehead atoms. The average molecular weight is 477 g/mol. The Morgan fingerprint density at radius 3 is 2.32 bits per heavy atom. The fourth-order valence-electron chi connectivity index (χ4n) is 3.46. The molecule has 0 N–H and O–H groups in total. The predicted octanol–water partition coefficient (Wildman–Crippen LogP) is 5.33. The van der Waals surface area contributed by atoms with Crippen LogP contribution in [0, 0.1) is 0 Å². The summed E-state index contributed by atoms with van der Waals surface area (Å²) in [4.78, 5) is 14.7. The first kappa shape index (κ1) is 21.5. The number of methoxy groups -OCH3 is 1. The van der Waals surface area contributed by atoms with Crippen LogP contribution < -0.4 is 9.64 Å². The molecule has 6 nitrogen and oxygen atoms in total. The largest absolute Gasteiger partial charge is 0.497 e. The number of nitrogens with zero attached hydrogens (tertiary/aromatic N) is 2. The first-order chi connectivity index (χ1) is 14.8. The SMILES string of the molecule is COc1cccc(CN2C(=O)N(Cc3ccccc3)c3cc(Cl)cc(Cl)c3S2(=O)=O)c1. The standard InChI is InChI=1S/C22H18Cl2N2O4S/c1-30-18-9-5-8-16(10-18)14-26-22(27)25(13-15-6-3-2-4-7-15)20-12-17(23)11-19(24)21(20)31(26,28)29/h2-12H,13-14H2,1H3. The zero-order chi connectivity index (χ0) is 22.2. The molecule has 0 unspecified atom stereocenters. The molecular formula is C22H18Cl2N2O4S. The van der Waals surface area contributed by atoms with Crippen molar-refractivity contribution in [3.63, 3.8) is 0 Å². The van der Waals surface area contributed by atoms with Crippen molar-refractivity contribution < 1.29 is 17.9 Å². The third-order valence-corrected chi connectivity index (χ3v) is 7.35. The maximum absolute atomic E-state index is 13.4. The quantitative estimate of drug-likeness (QED) is 0.498. The molecule has 2 amide bonds. The molecule has 3 aromatic carbocycles. The van der Waals surface area contributed by atoms with Crippen LogP contribution in [0.15, 0.2) is 71.6 Å². The molecule has 31 heavy (non-hydrogen) atoms. The van der Waals surface area contributed by atoms with Crippen molar-refractivity contribution >= 4 is 44.9 Å². The Labute approximate surface area is 190 Å². The third-order valence-electron chi connectivity index (χ3n) is 4.92. The van der Waals surface area contributed by atoms with Gasteiger partial charge in [-0.1, -0.05) is 65.7 Å². The summed E-state index contributed by atoms with van der Waals surface area (Å²) in [6.45, 7) is -0.00444. The molecular weight excluding hydrogens is 459 g/mol.